The molecule has 1 atom stereocenters. The molecule has 2 N–H and O–H groups in total. The Labute approximate surface area is 111 Å². The van der Waals surface area contributed by atoms with Crippen molar-refractivity contribution < 1.29 is 14.3 Å². The number of carboxylic acid groups (broad SMARTS) is 1. The number of rotatable bonds is 4. The Morgan fingerprint density at radius 3 is 2.79 bits per heavy atom. The molecule has 1 unspecified atom stereocenters. The van der Waals surface area contributed by atoms with E-state index < -0.39 is 5.97 Å². The Bertz CT molecular complexity index is 642. The van der Waals surface area contributed by atoms with Crippen molar-refractivity contribution in [2.24, 2.45) is 5.41 Å². The van der Waals surface area contributed by atoms with Crippen molar-refractivity contribution >= 4 is 16.9 Å². The van der Waals surface area contributed by atoms with Gasteiger partial charge in [0, 0.05) is 11.4 Å². The van der Waals surface area contributed by atoms with E-state index >= 15 is 0 Å². The fourth-order valence-corrected chi connectivity index (χ4v) is 2.49. The summed E-state index contributed by atoms with van der Waals surface area (Å²) in [5, 5.41) is 13.4. The highest BCUT2D eigenvalue weighted by molar-refractivity contribution is 6.03. The molecule has 1 fully saturated rings. The average Bonchev–Trinajstić information content (AvgIpc) is 2.82. The lowest BCUT2D eigenvalue weighted by atomic mass is 10.1. The second-order valence-electron chi connectivity index (χ2n) is 5.83. The highest BCUT2D eigenvalue weighted by Crippen LogP contribution is 2.44. The number of carbonyl (C=O) groups is 1. The minimum Gasteiger partial charge on any atom is -0.478 e. The molecule has 3 rings (SSSR count). The zero-order valence-corrected chi connectivity index (χ0v) is 11.1. The molecule has 19 heavy (non-hydrogen) atoms. The summed E-state index contributed by atoms with van der Waals surface area (Å²) in [6, 6.07) is 7.70. The van der Waals surface area contributed by atoms with Crippen LogP contribution < -0.4 is 5.32 Å². The predicted octanol–water partition coefficient (Wildman–Crippen LogP) is 3.02. The molecule has 4 heteroatoms. The quantitative estimate of drug-likeness (QED) is 0.886. The molecule has 0 aliphatic heterocycles. The summed E-state index contributed by atoms with van der Waals surface area (Å²) >= 11 is 0. The second-order valence-corrected chi connectivity index (χ2v) is 5.83. The standard InChI is InChI=1S/C15H17NO3/c1-15(2)7-12(15)16-8-11-13(14(17)18)9-5-3-4-6-10(9)19-11/h3-6,12,16H,7-8H2,1-2H3,(H,17,18). The van der Waals surface area contributed by atoms with Crippen LogP contribution in [0.1, 0.15) is 36.4 Å². The number of nitrogens with one attached hydrogen (secondary N) is 1. The van der Waals surface area contributed by atoms with E-state index in [4.69, 9.17) is 4.42 Å². The van der Waals surface area contributed by atoms with Gasteiger partial charge in [0.05, 0.1) is 6.54 Å². The molecular formula is C15H17NO3. The van der Waals surface area contributed by atoms with Crippen LogP contribution >= 0.6 is 0 Å². The number of hydrogen-bond acceptors (Lipinski definition) is 3. The number of furan rings is 1. The molecule has 100 valence electrons. The molecule has 4 nitrogen and oxygen atoms in total. The van der Waals surface area contributed by atoms with Gasteiger partial charge in [-0.05, 0) is 17.9 Å². The lowest BCUT2D eigenvalue weighted by molar-refractivity contribution is 0.0696. The zero-order chi connectivity index (χ0) is 13.6. The average molecular weight is 259 g/mol. The summed E-state index contributed by atoms with van der Waals surface area (Å²) in [5.74, 6) is -0.423. The second kappa shape index (κ2) is 4.10. The number of hydrogen-bond donors (Lipinski definition) is 2. The first-order valence-corrected chi connectivity index (χ1v) is 6.46. The number of aromatic carboxylic acids is 1. The minimum atomic E-state index is -0.934. The molecule has 0 saturated heterocycles. The maximum atomic E-state index is 11.4. The Kier molecular flexibility index (Phi) is 2.64. The van der Waals surface area contributed by atoms with E-state index in [-0.39, 0.29) is 5.56 Å². The van der Waals surface area contributed by atoms with Crippen LogP contribution in [-0.4, -0.2) is 17.1 Å². The SMILES string of the molecule is CC1(C)CC1NCc1oc2ccccc2c1C(=O)O. The van der Waals surface area contributed by atoms with Gasteiger partial charge < -0.3 is 14.8 Å². The molecule has 1 aliphatic carbocycles. The molecular weight excluding hydrogens is 242 g/mol. The summed E-state index contributed by atoms with van der Waals surface area (Å²) in [6.07, 6.45) is 1.12. The largest absolute Gasteiger partial charge is 0.478 e. The number of carboxylic acids is 1. The van der Waals surface area contributed by atoms with Gasteiger partial charge in [0.15, 0.2) is 0 Å². The van der Waals surface area contributed by atoms with E-state index in [0.29, 0.717) is 34.7 Å². The van der Waals surface area contributed by atoms with Gasteiger partial charge in [-0.3, -0.25) is 0 Å². The van der Waals surface area contributed by atoms with E-state index in [1.807, 2.05) is 12.1 Å². The third-order valence-corrected chi connectivity index (χ3v) is 3.90. The predicted molar refractivity (Wildman–Crippen MR) is 72.2 cm³/mol. The normalized spacial score (nSPS) is 20.6. The van der Waals surface area contributed by atoms with Gasteiger partial charge in [0.2, 0.25) is 0 Å². The van der Waals surface area contributed by atoms with Crippen LogP contribution in [0.15, 0.2) is 28.7 Å². The van der Waals surface area contributed by atoms with Gasteiger partial charge in [-0.25, -0.2) is 4.79 Å². The van der Waals surface area contributed by atoms with Gasteiger partial charge in [-0.15, -0.1) is 0 Å². The summed E-state index contributed by atoms with van der Waals surface area (Å²) in [7, 11) is 0. The van der Waals surface area contributed by atoms with Crippen LogP contribution in [0.3, 0.4) is 0 Å². The summed E-state index contributed by atoms with van der Waals surface area (Å²) in [6.45, 7) is 4.85. The molecule has 0 bridgehead atoms. The zero-order valence-electron chi connectivity index (χ0n) is 11.1. The molecule has 0 spiro atoms. The van der Waals surface area contributed by atoms with Crippen molar-refractivity contribution in [3.63, 3.8) is 0 Å². The molecule has 2 aromatic rings. The van der Waals surface area contributed by atoms with E-state index in [1.54, 1.807) is 12.1 Å². The Morgan fingerprint density at radius 2 is 2.16 bits per heavy atom. The summed E-state index contributed by atoms with van der Waals surface area (Å²) < 4.78 is 5.66. The maximum absolute atomic E-state index is 11.4. The van der Waals surface area contributed by atoms with Crippen molar-refractivity contribution in [2.75, 3.05) is 0 Å². The van der Waals surface area contributed by atoms with Crippen molar-refractivity contribution in [1.29, 1.82) is 0 Å². The Hall–Kier alpha value is -1.81. The summed E-state index contributed by atoms with van der Waals surface area (Å²) in [4.78, 5) is 11.4. The molecule has 1 saturated carbocycles. The summed E-state index contributed by atoms with van der Waals surface area (Å²) in [5.41, 5.74) is 1.23. The van der Waals surface area contributed by atoms with Gasteiger partial charge in [0.1, 0.15) is 16.9 Å². The lowest BCUT2D eigenvalue weighted by Gasteiger charge is -2.05. The molecule has 0 amide bonds. The Morgan fingerprint density at radius 1 is 1.47 bits per heavy atom. The third-order valence-electron chi connectivity index (χ3n) is 3.90. The monoisotopic (exact) mass is 259 g/mol. The maximum Gasteiger partial charge on any atom is 0.339 e. The van der Waals surface area contributed by atoms with E-state index in [2.05, 4.69) is 19.2 Å². The smallest absolute Gasteiger partial charge is 0.339 e. The van der Waals surface area contributed by atoms with E-state index in [9.17, 15) is 9.90 Å². The van der Waals surface area contributed by atoms with Gasteiger partial charge in [0.25, 0.3) is 0 Å². The minimum absolute atomic E-state index is 0.279. The van der Waals surface area contributed by atoms with E-state index in [0.717, 1.165) is 6.42 Å². The van der Waals surface area contributed by atoms with Crippen molar-refractivity contribution in [3.05, 3.63) is 35.6 Å². The number of fused-ring (bicyclic) bond motifs is 1. The molecule has 1 heterocycles. The van der Waals surface area contributed by atoms with Crippen LogP contribution in [-0.2, 0) is 6.54 Å². The molecule has 0 radical (unpaired) electrons. The first kappa shape index (κ1) is 12.2. The van der Waals surface area contributed by atoms with Crippen LogP contribution in [0.2, 0.25) is 0 Å². The van der Waals surface area contributed by atoms with Crippen molar-refractivity contribution in [3.8, 4) is 0 Å². The third kappa shape index (κ3) is 2.12. The van der Waals surface area contributed by atoms with E-state index in [1.165, 1.54) is 0 Å². The lowest BCUT2D eigenvalue weighted by Crippen LogP contribution is -2.20. The van der Waals surface area contributed by atoms with Crippen molar-refractivity contribution in [1.82, 2.24) is 5.32 Å². The highest BCUT2D eigenvalue weighted by Gasteiger charge is 2.45. The van der Waals surface area contributed by atoms with Gasteiger partial charge in [-0.1, -0.05) is 32.0 Å². The fourth-order valence-electron chi connectivity index (χ4n) is 2.49. The highest BCUT2D eigenvalue weighted by atomic mass is 16.4. The fraction of sp³-hybridized carbons (Fsp3) is 0.400. The first-order valence-electron chi connectivity index (χ1n) is 6.46. The molecule has 1 aromatic heterocycles. The first-order chi connectivity index (χ1) is 8.99. The van der Waals surface area contributed by atoms with Crippen LogP contribution in [0.5, 0.6) is 0 Å². The number of benzene rings is 1. The van der Waals surface area contributed by atoms with Crippen LogP contribution in [0, 0.1) is 5.41 Å². The molecule has 1 aliphatic rings. The van der Waals surface area contributed by atoms with Gasteiger partial charge >= 0.3 is 5.97 Å². The molecule has 1 aromatic carbocycles. The number of para-hydroxylation sites is 1. The van der Waals surface area contributed by atoms with Gasteiger partial charge in [-0.2, -0.15) is 0 Å². The topological polar surface area (TPSA) is 62.5 Å². The van der Waals surface area contributed by atoms with Crippen molar-refractivity contribution in [2.45, 2.75) is 32.9 Å². The van der Waals surface area contributed by atoms with Crippen LogP contribution in [0.4, 0.5) is 0 Å². The van der Waals surface area contributed by atoms with Crippen LogP contribution in [0.25, 0.3) is 11.0 Å². The Balaban J connectivity index is 1.90.